The Labute approximate surface area is 212 Å². The van der Waals surface area contributed by atoms with Gasteiger partial charge < -0.3 is 5.32 Å². The molecule has 0 atom stereocenters. The fourth-order valence-corrected chi connectivity index (χ4v) is 4.37. The average molecular weight is 509 g/mol. The number of nitrogens with one attached hydrogen (secondary N) is 2. The van der Waals surface area contributed by atoms with Crippen molar-refractivity contribution in [3.8, 4) is 0 Å². The van der Waals surface area contributed by atoms with Gasteiger partial charge in [-0.15, -0.1) is 0 Å². The summed E-state index contributed by atoms with van der Waals surface area (Å²) in [5.74, 6) is 0.0139. The number of hydrogen-bond acceptors (Lipinski definition) is 7. The molecule has 1 amide bonds. The van der Waals surface area contributed by atoms with Crippen LogP contribution in [0.1, 0.15) is 58.3 Å². The van der Waals surface area contributed by atoms with Crippen LogP contribution in [-0.2, 0) is 14.8 Å². The molecule has 9 nitrogen and oxygen atoms in total. The molecule has 0 aliphatic heterocycles. The summed E-state index contributed by atoms with van der Waals surface area (Å²) in [6.07, 6.45) is 11.7. The van der Waals surface area contributed by atoms with E-state index in [4.69, 9.17) is 0 Å². The molecule has 3 aromatic rings. The maximum atomic E-state index is 12.4. The molecule has 0 aliphatic rings. The van der Waals surface area contributed by atoms with Crippen LogP contribution < -0.4 is 10.0 Å². The molecule has 1 heterocycles. The van der Waals surface area contributed by atoms with E-state index in [9.17, 15) is 13.2 Å². The maximum Gasteiger partial charge on any atom is 0.264 e. The Morgan fingerprint density at radius 2 is 1.36 bits per heavy atom. The Balaban J connectivity index is 1.46. The number of unbranched alkanes of at least 4 members (excludes halogenated alkanes) is 6. The molecular formula is C26H32N6O3S. The second-order valence-electron chi connectivity index (χ2n) is 8.34. The summed E-state index contributed by atoms with van der Waals surface area (Å²) in [5, 5.41) is 11.2. The van der Waals surface area contributed by atoms with E-state index in [1.165, 1.54) is 56.6 Å². The predicted octanol–water partition coefficient (Wildman–Crippen LogP) is 6.77. The Morgan fingerprint density at radius 1 is 0.806 bits per heavy atom. The highest BCUT2D eigenvalue weighted by atomic mass is 32.2. The van der Waals surface area contributed by atoms with E-state index >= 15 is 0 Å². The molecule has 0 unspecified atom stereocenters. The number of aromatic nitrogens is 2. The molecule has 0 aliphatic carbocycles. The topological polar surface area (TPSA) is 126 Å². The largest absolute Gasteiger partial charge is 0.326 e. The van der Waals surface area contributed by atoms with E-state index in [0.717, 1.165) is 12.8 Å². The van der Waals surface area contributed by atoms with E-state index in [1.807, 2.05) is 0 Å². The van der Waals surface area contributed by atoms with Crippen molar-refractivity contribution in [1.29, 1.82) is 0 Å². The van der Waals surface area contributed by atoms with Crippen LogP contribution in [0.3, 0.4) is 0 Å². The van der Waals surface area contributed by atoms with Crippen molar-refractivity contribution >= 4 is 38.9 Å². The quantitative estimate of drug-likeness (QED) is 0.183. The minimum Gasteiger partial charge on any atom is -0.326 e. The summed E-state index contributed by atoms with van der Waals surface area (Å²) in [7, 11) is -3.81. The minimum atomic E-state index is -3.81. The van der Waals surface area contributed by atoms with Crippen molar-refractivity contribution in [1.82, 2.24) is 9.97 Å². The van der Waals surface area contributed by atoms with Crippen molar-refractivity contribution in [3.05, 3.63) is 67.0 Å². The van der Waals surface area contributed by atoms with Crippen molar-refractivity contribution in [2.75, 3.05) is 10.0 Å². The van der Waals surface area contributed by atoms with Crippen LogP contribution >= 0.6 is 0 Å². The number of carbonyl (C=O) groups excluding carboxylic acids is 1. The number of nitrogens with zero attached hydrogens (tertiary/aromatic N) is 4. The van der Waals surface area contributed by atoms with Gasteiger partial charge in [0.1, 0.15) is 0 Å². The van der Waals surface area contributed by atoms with Crippen LogP contribution in [0.2, 0.25) is 0 Å². The lowest BCUT2D eigenvalue weighted by Crippen LogP contribution is -2.14. The SMILES string of the molecule is CCCCCCCCCC(=O)Nc1ccc(N=Nc2ccc(S(=O)(=O)Nc3ncccn3)cc2)cc1. The number of benzene rings is 2. The molecule has 2 aromatic carbocycles. The second kappa shape index (κ2) is 14.0. The molecule has 0 fully saturated rings. The maximum absolute atomic E-state index is 12.4. The van der Waals surface area contributed by atoms with Crippen molar-refractivity contribution < 1.29 is 13.2 Å². The zero-order valence-corrected chi connectivity index (χ0v) is 21.2. The molecule has 36 heavy (non-hydrogen) atoms. The zero-order chi connectivity index (χ0) is 25.6. The third kappa shape index (κ3) is 9.18. The van der Waals surface area contributed by atoms with Crippen molar-refractivity contribution in [3.63, 3.8) is 0 Å². The molecule has 3 rings (SSSR count). The normalized spacial score (nSPS) is 11.5. The molecule has 0 spiro atoms. The number of amides is 1. The highest BCUT2D eigenvalue weighted by Crippen LogP contribution is 2.22. The second-order valence-corrected chi connectivity index (χ2v) is 10.0. The van der Waals surface area contributed by atoms with Gasteiger partial charge >= 0.3 is 0 Å². The van der Waals surface area contributed by atoms with Gasteiger partial charge in [0, 0.05) is 24.5 Å². The summed E-state index contributed by atoms with van der Waals surface area (Å²) < 4.78 is 27.2. The van der Waals surface area contributed by atoms with E-state index < -0.39 is 10.0 Å². The van der Waals surface area contributed by atoms with Gasteiger partial charge in [0.25, 0.3) is 10.0 Å². The predicted molar refractivity (Wildman–Crippen MR) is 141 cm³/mol. The number of rotatable bonds is 14. The summed E-state index contributed by atoms with van der Waals surface area (Å²) in [6.45, 7) is 2.21. The van der Waals surface area contributed by atoms with Crippen LogP contribution in [0, 0.1) is 0 Å². The first kappa shape index (κ1) is 26.9. The van der Waals surface area contributed by atoms with Crippen LogP contribution in [0.5, 0.6) is 0 Å². The highest BCUT2D eigenvalue weighted by molar-refractivity contribution is 7.92. The molecule has 0 radical (unpaired) electrons. The van der Waals surface area contributed by atoms with Crippen LogP contribution in [0.4, 0.5) is 23.0 Å². The summed E-state index contributed by atoms with van der Waals surface area (Å²) >= 11 is 0. The fraction of sp³-hybridized carbons (Fsp3) is 0.346. The number of azo groups is 1. The van der Waals surface area contributed by atoms with E-state index in [1.54, 1.807) is 42.5 Å². The smallest absolute Gasteiger partial charge is 0.264 e. The monoisotopic (exact) mass is 508 g/mol. The Morgan fingerprint density at radius 3 is 1.97 bits per heavy atom. The number of sulfonamides is 1. The lowest BCUT2D eigenvalue weighted by atomic mass is 10.1. The molecule has 0 saturated heterocycles. The molecule has 2 N–H and O–H groups in total. The van der Waals surface area contributed by atoms with Gasteiger partial charge in [0.15, 0.2) is 0 Å². The Hall–Kier alpha value is -3.66. The van der Waals surface area contributed by atoms with Crippen molar-refractivity contribution in [2.24, 2.45) is 10.2 Å². The minimum absolute atomic E-state index is 0.00120. The molecule has 0 saturated carbocycles. The fourth-order valence-electron chi connectivity index (χ4n) is 3.42. The highest BCUT2D eigenvalue weighted by Gasteiger charge is 2.15. The van der Waals surface area contributed by atoms with Gasteiger partial charge in [-0.1, -0.05) is 45.4 Å². The summed E-state index contributed by atoms with van der Waals surface area (Å²) in [4.78, 5) is 19.9. The molecule has 190 valence electrons. The average Bonchev–Trinajstić information content (AvgIpc) is 2.88. The van der Waals surface area contributed by atoms with Crippen molar-refractivity contribution in [2.45, 2.75) is 63.2 Å². The number of hydrogen-bond donors (Lipinski definition) is 2. The summed E-state index contributed by atoms with van der Waals surface area (Å²) in [5.41, 5.74) is 1.82. The Bertz CT molecular complexity index is 1210. The first-order valence-electron chi connectivity index (χ1n) is 12.2. The third-order valence-corrected chi connectivity index (χ3v) is 6.72. The molecular weight excluding hydrogens is 476 g/mol. The zero-order valence-electron chi connectivity index (χ0n) is 20.4. The van der Waals surface area contributed by atoms with Gasteiger partial charge in [-0.25, -0.2) is 23.1 Å². The Kier molecular flexibility index (Phi) is 10.5. The van der Waals surface area contributed by atoms with Gasteiger partial charge in [0.2, 0.25) is 11.9 Å². The lowest BCUT2D eigenvalue weighted by Gasteiger charge is -2.06. The van der Waals surface area contributed by atoms with E-state index in [-0.39, 0.29) is 16.8 Å². The third-order valence-electron chi connectivity index (χ3n) is 5.38. The molecule has 1 aromatic heterocycles. The molecule has 0 bridgehead atoms. The van der Waals surface area contributed by atoms with Crippen LogP contribution in [0.15, 0.2) is 82.1 Å². The lowest BCUT2D eigenvalue weighted by molar-refractivity contribution is -0.116. The van der Waals surface area contributed by atoms with Gasteiger partial charge in [0.05, 0.1) is 16.3 Å². The number of anilines is 2. The summed E-state index contributed by atoms with van der Waals surface area (Å²) in [6, 6.07) is 14.7. The first-order valence-corrected chi connectivity index (χ1v) is 13.7. The first-order chi connectivity index (χ1) is 17.5. The standard InChI is InChI=1S/C26H32N6O3S/c1-2-3-4-5-6-7-8-10-25(33)29-21-11-13-22(14-12-21)30-31-23-15-17-24(18-16-23)36(34,35)32-26-27-19-9-20-28-26/h9,11-20H,2-8,10H2,1H3,(H,29,33)(H,27,28,32). The number of carbonyl (C=O) groups is 1. The van der Waals surface area contributed by atoms with Crippen LogP contribution in [0.25, 0.3) is 0 Å². The van der Waals surface area contributed by atoms with Crippen LogP contribution in [-0.4, -0.2) is 24.3 Å². The molecule has 10 heteroatoms. The van der Waals surface area contributed by atoms with Gasteiger partial charge in [-0.05, 0) is 61.0 Å². The van der Waals surface area contributed by atoms with E-state index in [2.05, 4.69) is 37.2 Å². The van der Waals surface area contributed by atoms with E-state index in [0.29, 0.717) is 23.5 Å². The van der Waals surface area contributed by atoms with Gasteiger partial charge in [-0.3, -0.25) is 4.79 Å². The van der Waals surface area contributed by atoms with Gasteiger partial charge in [-0.2, -0.15) is 10.2 Å².